The fraction of sp³-hybridized carbons (Fsp3) is 0.600. The number of hydrogen-bond donors (Lipinski definition) is 1. The van der Waals surface area contributed by atoms with Crippen LogP contribution in [0.2, 0.25) is 0 Å². The summed E-state index contributed by atoms with van der Waals surface area (Å²) in [5.41, 5.74) is 1.62. The van der Waals surface area contributed by atoms with E-state index in [0.29, 0.717) is 45.4 Å². The number of rotatable bonds is 3. The third-order valence-electron chi connectivity index (χ3n) is 5.60. The van der Waals surface area contributed by atoms with Gasteiger partial charge in [-0.05, 0) is 31.7 Å². The first kappa shape index (κ1) is 17.9. The van der Waals surface area contributed by atoms with Gasteiger partial charge >= 0.3 is 0 Å². The molecule has 1 atom stereocenters. The Morgan fingerprint density at radius 1 is 1.20 bits per heavy atom. The first-order valence-electron chi connectivity index (χ1n) is 9.18. The lowest BCUT2D eigenvalue weighted by atomic mass is 9.84. The lowest BCUT2D eigenvalue weighted by Gasteiger charge is -2.39. The molecule has 1 unspecified atom stereocenters. The Hall–Kier alpha value is -1.88. The van der Waals surface area contributed by atoms with Gasteiger partial charge in [-0.3, -0.25) is 9.59 Å². The zero-order valence-electron chi connectivity index (χ0n) is 15.2. The first-order chi connectivity index (χ1) is 11.9. The average molecular weight is 344 g/mol. The van der Waals surface area contributed by atoms with E-state index in [-0.39, 0.29) is 17.7 Å². The van der Waals surface area contributed by atoms with E-state index < -0.39 is 5.60 Å². The van der Waals surface area contributed by atoms with Crippen LogP contribution in [-0.4, -0.2) is 58.5 Å². The molecule has 0 aromatic heterocycles. The van der Waals surface area contributed by atoms with E-state index in [1.807, 2.05) is 11.0 Å². The number of aliphatic hydroxyl groups is 1. The number of hydrogen-bond acceptors (Lipinski definition) is 3. The van der Waals surface area contributed by atoms with Crippen LogP contribution in [-0.2, 0) is 16.0 Å². The second-order valence-electron chi connectivity index (χ2n) is 7.67. The number of benzene rings is 1. The maximum atomic E-state index is 12.7. The molecule has 5 nitrogen and oxygen atoms in total. The highest BCUT2D eigenvalue weighted by Crippen LogP contribution is 2.28. The van der Waals surface area contributed by atoms with E-state index in [4.69, 9.17) is 0 Å². The Bertz CT molecular complexity index is 650. The quantitative estimate of drug-likeness (QED) is 0.909. The standard InChI is InChI=1S/C20H28N2O3/c1-15-4-3-5-17(12-15)13-20(25)7-10-21(11-8-20)19(24)18-6-9-22(14-18)16(2)23/h3-5,12,18,25H,6-11,13-14H2,1-2H3. The Kier molecular flexibility index (Phi) is 5.13. The summed E-state index contributed by atoms with van der Waals surface area (Å²) >= 11 is 0. The van der Waals surface area contributed by atoms with Gasteiger partial charge in [0.1, 0.15) is 0 Å². The fourth-order valence-corrected chi connectivity index (χ4v) is 4.03. The van der Waals surface area contributed by atoms with Crippen LogP contribution in [0.5, 0.6) is 0 Å². The molecule has 25 heavy (non-hydrogen) atoms. The van der Waals surface area contributed by atoms with Crippen LogP contribution in [0.4, 0.5) is 0 Å². The molecule has 2 fully saturated rings. The largest absolute Gasteiger partial charge is 0.389 e. The summed E-state index contributed by atoms with van der Waals surface area (Å²) < 4.78 is 0. The highest BCUT2D eigenvalue weighted by Gasteiger charge is 2.38. The number of aryl methyl sites for hydroxylation is 1. The molecular formula is C20H28N2O3. The predicted octanol–water partition coefficient (Wildman–Crippen LogP) is 1.76. The number of nitrogens with zero attached hydrogens (tertiary/aromatic N) is 2. The van der Waals surface area contributed by atoms with Gasteiger partial charge in [-0.2, -0.15) is 0 Å². The van der Waals surface area contributed by atoms with Crippen LogP contribution in [0, 0.1) is 12.8 Å². The third kappa shape index (κ3) is 4.21. The second-order valence-corrected chi connectivity index (χ2v) is 7.67. The van der Waals surface area contributed by atoms with Crippen molar-refractivity contribution < 1.29 is 14.7 Å². The predicted molar refractivity (Wildman–Crippen MR) is 96.0 cm³/mol. The first-order valence-corrected chi connectivity index (χ1v) is 9.18. The molecule has 5 heteroatoms. The van der Waals surface area contributed by atoms with E-state index in [0.717, 1.165) is 12.0 Å². The van der Waals surface area contributed by atoms with Gasteiger partial charge in [-0.1, -0.05) is 29.8 Å². The smallest absolute Gasteiger partial charge is 0.227 e. The van der Waals surface area contributed by atoms with E-state index in [1.54, 1.807) is 11.8 Å². The number of likely N-dealkylation sites (tertiary alicyclic amines) is 2. The van der Waals surface area contributed by atoms with Crippen LogP contribution in [0.25, 0.3) is 0 Å². The van der Waals surface area contributed by atoms with E-state index in [2.05, 4.69) is 25.1 Å². The van der Waals surface area contributed by atoms with Crippen molar-refractivity contribution in [3.63, 3.8) is 0 Å². The van der Waals surface area contributed by atoms with Crippen LogP contribution in [0.3, 0.4) is 0 Å². The van der Waals surface area contributed by atoms with Crippen molar-refractivity contribution >= 4 is 11.8 Å². The highest BCUT2D eigenvalue weighted by molar-refractivity contribution is 5.81. The van der Waals surface area contributed by atoms with E-state index in [1.165, 1.54) is 5.56 Å². The van der Waals surface area contributed by atoms with Crippen LogP contribution >= 0.6 is 0 Å². The van der Waals surface area contributed by atoms with Crippen LogP contribution in [0.1, 0.15) is 37.3 Å². The summed E-state index contributed by atoms with van der Waals surface area (Å²) in [7, 11) is 0. The van der Waals surface area contributed by atoms with Crippen molar-refractivity contribution in [1.82, 2.24) is 9.80 Å². The van der Waals surface area contributed by atoms with Gasteiger partial charge in [0.15, 0.2) is 0 Å². The van der Waals surface area contributed by atoms with Crippen molar-refractivity contribution in [2.45, 2.75) is 45.1 Å². The molecule has 0 radical (unpaired) electrons. The summed E-state index contributed by atoms with van der Waals surface area (Å²) in [6, 6.07) is 8.25. The van der Waals surface area contributed by atoms with Crippen molar-refractivity contribution in [3.05, 3.63) is 35.4 Å². The number of carbonyl (C=O) groups excluding carboxylic acids is 2. The monoisotopic (exact) mass is 344 g/mol. The highest BCUT2D eigenvalue weighted by atomic mass is 16.3. The minimum atomic E-state index is -0.730. The molecule has 0 bridgehead atoms. The summed E-state index contributed by atoms with van der Waals surface area (Å²) in [6.45, 7) is 6.02. The number of amides is 2. The van der Waals surface area contributed by atoms with Crippen molar-refractivity contribution in [2.75, 3.05) is 26.2 Å². The minimum absolute atomic E-state index is 0.0430. The summed E-state index contributed by atoms with van der Waals surface area (Å²) in [4.78, 5) is 27.8. The maximum Gasteiger partial charge on any atom is 0.227 e. The molecule has 2 saturated heterocycles. The zero-order chi connectivity index (χ0) is 18.0. The van der Waals surface area contributed by atoms with E-state index >= 15 is 0 Å². The Balaban J connectivity index is 1.54. The maximum absolute atomic E-state index is 12.7. The summed E-state index contributed by atoms with van der Waals surface area (Å²) in [6.07, 6.45) is 2.60. The lowest BCUT2D eigenvalue weighted by Crippen LogP contribution is -2.49. The number of carbonyl (C=O) groups is 2. The van der Waals surface area contributed by atoms with Crippen LogP contribution in [0.15, 0.2) is 24.3 Å². The molecule has 1 aromatic rings. The molecule has 0 spiro atoms. The molecule has 0 aliphatic carbocycles. The molecular weight excluding hydrogens is 316 g/mol. The van der Waals surface area contributed by atoms with Gasteiger partial charge in [0, 0.05) is 39.5 Å². The SMILES string of the molecule is CC(=O)N1CCC(C(=O)N2CCC(O)(Cc3cccc(C)c3)CC2)C1. The molecule has 2 aliphatic heterocycles. The lowest BCUT2D eigenvalue weighted by molar-refractivity contribution is -0.139. The van der Waals surface area contributed by atoms with Crippen molar-refractivity contribution in [2.24, 2.45) is 5.92 Å². The third-order valence-corrected chi connectivity index (χ3v) is 5.60. The average Bonchev–Trinajstić information content (AvgIpc) is 3.05. The summed E-state index contributed by atoms with van der Waals surface area (Å²) in [5, 5.41) is 10.9. The zero-order valence-corrected chi connectivity index (χ0v) is 15.2. The number of piperidine rings is 1. The van der Waals surface area contributed by atoms with Gasteiger partial charge < -0.3 is 14.9 Å². The van der Waals surface area contributed by atoms with Gasteiger partial charge in [0.25, 0.3) is 0 Å². The van der Waals surface area contributed by atoms with Gasteiger partial charge in [-0.25, -0.2) is 0 Å². The van der Waals surface area contributed by atoms with Crippen LogP contribution < -0.4 is 0 Å². The summed E-state index contributed by atoms with van der Waals surface area (Å²) in [5.74, 6) is 0.106. The van der Waals surface area contributed by atoms with Crippen molar-refractivity contribution in [3.8, 4) is 0 Å². The van der Waals surface area contributed by atoms with Crippen molar-refractivity contribution in [1.29, 1.82) is 0 Å². The molecule has 3 rings (SSSR count). The minimum Gasteiger partial charge on any atom is -0.389 e. The Labute approximate surface area is 149 Å². The molecule has 2 aliphatic rings. The molecule has 0 saturated carbocycles. The van der Waals surface area contributed by atoms with Gasteiger partial charge in [0.05, 0.1) is 11.5 Å². The molecule has 2 amide bonds. The van der Waals surface area contributed by atoms with E-state index in [9.17, 15) is 14.7 Å². The molecule has 2 heterocycles. The Morgan fingerprint density at radius 2 is 1.92 bits per heavy atom. The molecule has 1 aromatic carbocycles. The van der Waals surface area contributed by atoms with Gasteiger partial charge in [-0.15, -0.1) is 0 Å². The fourth-order valence-electron chi connectivity index (χ4n) is 4.03. The molecule has 1 N–H and O–H groups in total. The van der Waals surface area contributed by atoms with Gasteiger partial charge in [0.2, 0.25) is 11.8 Å². The second kappa shape index (κ2) is 7.16. The normalized spacial score (nSPS) is 22.9. The topological polar surface area (TPSA) is 60.9 Å². The Morgan fingerprint density at radius 3 is 2.52 bits per heavy atom. The molecule has 136 valence electrons.